The van der Waals surface area contributed by atoms with Crippen molar-refractivity contribution < 1.29 is 14.6 Å². The molecule has 1 atom stereocenters. The van der Waals surface area contributed by atoms with Crippen LogP contribution in [0.15, 0.2) is 23.3 Å². The molecule has 1 rings (SSSR count). The first-order valence-electron chi connectivity index (χ1n) is 4.82. The van der Waals surface area contributed by atoms with Crippen LogP contribution < -0.4 is 0 Å². The number of allylic oxidation sites excluding steroid dienone is 2. The Balaban J connectivity index is 2.73. The van der Waals surface area contributed by atoms with Crippen molar-refractivity contribution in [3.63, 3.8) is 0 Å². The van der Waals surface area contributed by atoms with Crippen LogP contribution in [0.1, 0.15) is 26.7 Å². The van der Waals surface area contributed by atoms with E-state index in [1.165, 1.54) is 0 Å². The molecule has 0 spiro atoms. The van der Waals surface area contributed by atoms with Crippen molar-refractivity contribution in [1.82, 2.24) is 0 Å². The molecule has 0 aromatic heterocycles. The van der Waals surface area contributed by atoms with Crippen LogP contribution in [0.25, 0.3) is 0 Å². The highest BCUT2D eigenvalue weighted by Crippen LogP contribution is 2.23. The Labute approximate surface area is 84.1 Å². The van der Waals surface area contributed by atoms with Gasteiger partial charge in [0.2, 0.25) is 0 Å². The molecule has 0 radical (unpaired) electrons. The summed E-state index contributed by atoms with van der Waals surface area (Å²) in [5, 5.41) is 9.21. The zero-order chi connectivity index (χ0) is 10.6. The summed E-state index contributed by atoms with van der Waals surface area (Å²) >= 11 is 0. The van der Waals surface area contributed by atoms with E-state index in [1.807, 2.05) is 19.1 Å². The minimum atomic E-state index is -0.490. The van der Waals surface area contributed by atoms with E-state index in [9.17, 15) is 9.90 Å². The van der Waals surface area contributed by atoms with Crippen LogP contribution in [0, 0.1) is 0 Å². The van der Waals surface area contributed by atoms with Crippen molar-refractivity contribution in [2.45, 2.75) is 32.8 Å². The normalized spacial score (nSPS) is 19.2. The van der Waals surface area contributed by atoms with Gasteiger partial charge in [0, 0.05) is 12.0 Å². The lowest BCUT2D eigenvalue weighted by atomic mass is 10.0. The van der Waals surface area contributed by atoms with Crippen LogP contribution >= 0.6 is 0 Å². The maximum atomic E-state index is 11.3. The molecule has 1 aliphatic rings. The maximum absolute atomic E-state index is 11.3. The highest BCUT2D eigenvalue weighted by Gasteiger charge is 2.24. The Morgan fingerprint density at radius 2 is 2.36 bits per heavy atom. The predicted molar refractivity (Wildman–Crippen MR) is 53.7 cm³/mol. The highest BCUT2D eigenvalue weighted by atomic mass is 16.5. The van der Waals surface area contributed by atoms with Gasteiger partial charge in [-0.1, -0.05) is 12.2 Å². The number of hydrogen-bond donors (Lipinski definition) is 1. The van der Waals surface area contributed by atoms with Crippen molar-refractivity contribution in [1.29, 1.82) is 0 Å². The molecule has 14 heavy (non-hydrogen) atoms. The molecule has 1 aliphatic heterocycles. The summed E-state index contributed by atoms with van der Waals surface area (Å²) in [6.45, 7) is 3.99. The fourth-order valence-electron chi connectivity index (χ4n) is 1.44. The number of rotatable bonds is 4. The van der Waals surface area contributed by atoms with Crippen LogP contribution in [0.5, 0.6) is 0 Å². The van der Waals surface area contributed by atoms with Gasteiger partial charge in [-0.05, 0) is 25.8 Å². The summed E-state index contributed by atoms with van der Waals surface area (Å²) < 4.78 is 4.92. The SMILES string of the molecule is CC=CCC1=C(C[C@H](C)O)C(=O)OC1. The molecule has 1 N–H and O–H groups in total. The van der Waals surface area contributed by atoms with Gasteiger partial charge < -0.3 is 9.84 Å². The smallest absolute Gasteiger partial charge is 0.334 e. The molecule has 78 valence electrons. The third-order valence-electron chi connectivity index (χ3n) is 2.15. The Morgan fingerprint density at radius 1 is 1.64 bits per heavy atom. The maximum Gasteiger partial charge on any atom is 0.334 e. The van der Waals surface area contributed by atoms with E-state index in [0.717, 1.165) is 12.0 Å². The standard InChI is InChI=1S/C11H16O3/c1-3-4-5-9-7-14-11(13)10(9)6-8(2)12/h3-4,8,12H,5-7H2,1-2H3/t8-/m0/s1. The van der Waals surface area contributed by atoms with Gasteiger partial charge in [0.25, 0.3) is 0 Å². The van der Waals surface area contributed by atoms with Crippen molar-refractivity contribution in [3.05, 3.63) is 23.3 Å². The van der Waals surface area contributed by atoms with Crippen LogP contribution in [-0.4, -0.2) is 23.8 Å². The zero-order valence-corrected chi connectivity index (χ0v) is 8.62. The first kappa shape index (κ1) is 11.0. The number of carbonyl (C=O) groups is 1. The number of hydrogen-bond acceptors (Lipinski definition) is 3. The van der Waals surface area contributed by atoms with Crippen molar-refractivity contribution in [2.24, 2.45) is 0 Å². The van der Waals surface area contributed by atoms with Gasteiger partial charge in [-0.15, -0.1) is 0 Å². The fourth-order valence-corrected chi connectivity index (χ4v) is 1.44. The molecule has 0 bridgehead atoms. The third-order valence-corrected chi connectivity index (χ3v) is 2.15. The molecule has 0 saturated carbocycles. The number of aliphatic hydroxyl groups excluding tert-OH is 1. The quantitative estimate of drug-likeness (QED) is 0.548. The highest BCUT2D eigenvalue weighted by molar-refractivity contribution is 5.91. The second-order valence-electron chi connectivity index (χ2n) is 3.48. The number of cyclic esters (lactones) is 1. The topological polar surface area (TPSA) is 46.5 Å². The lowest BCUT2D eigenvalue weighted by molar-refractivity contribution is -0.136. The van der Waals surface area contributed by atoms with Crippen molar-refractivity contribution in [3.8, 4) is 0 Å². The average molecular weight is 196 g/mol. The molecule has 0 fully saturated rings. The van der Waals surface area contributed by atoms with E-state index in [-0.39, 0.29) is 5.97 Å². The van der Waals surface area contributed by atoms with Crippen LogP contribution in [0.3, 0.4) is 0 Å². The molecule has 0 aromatic rings. The summed E-state index contributed by atoms with van der Waals surface area (Å²) in [7, 11) is 0. The van der Waals surface area contributed by atoms with E-state index in [2.05, 4.69) is 0 Å². The molecule has 0 amide bonds. The van der Waals surface area contributed by atoms with E-state index in [1.54, 1.807) is 6.92 Å². The van der Waals surface area contributed by atoms with Gasteiger partial charge in [0.05, 0.1) is 6.10 Å². The Kier molecular flexibility index (Phi) is 3.89. The Hall–Kier alpha value is -1.09. The summed E-state index contributed by atoms with van der Waals surface area (Å²) in [5.41, 5.74) is 1.65. The minimum Gasteiger partial charge on any atom is -0.458 e. The first-order valence-corrected chi connectivity index (χ1v) is 4.82. The minimum absolute atomic E-state index is 0.273. The lowest BCUT2D eigenvalue weighted by Crippen LogP contribution is -2.07. The molecule has 0 aromatic carbocycles. The van der Waals surface area contributed by atoms with Crippen molar-refractivity contribution in [2.75, 3.05) is 6.61 Å². The zero-order valence-electron chi connectivity index (χ0n) is 8.62. The van der Waals surface area contributed by atoms with E-state index >= 15 is 0 Å². The van der Waals surface area contributed by atoms with E-state index < -0.39 is 6.10 Å². The monoisotopic (exact) mass is 196 g/mol. The lowest BCUT2D eigenvalue weighted by Gasteiger charge is -2.03. The molecular weight excluding hydrogens is 180 g/mol. The molecular formula is C11H16O3. The fraction of sp³-hybridized carbons (Fsp3) is 0.545. The second kappa shape index (κ2) is 4.96. The van der Waals surface area contributed by atoms with Gasteiger partial charge >= 0.3 is 5.97 Å². The average Bonchev–Trinajstić information content (AvgIpc) is 2.45. The Morgan fingerprint density at radius 3 is 2.93 bits per heavy atom. The number of ether oxygens (including phenoxy) is 1. The van der Waals surface area contributed by atoms with E-state index in [4.69, 9.17) is 4.74 Å². The predicted octanol–water partition coefficient (Wildman–Crippen LogP) is 1.58. The van der Waals surface area contributed by atoms with Crippen LogP contribution in [-0.2, 0) is 9.53 Å². The largest absolute Gasteiger partial charge is 0.458 e. The summed E-state index contributed by atoms with van der Waals surface area (Å²) in [4.78, 5) is 11.3. The summed E-state index contributed by atoms with van der Waals surface area (Å²) in [6.07, 6.45) is 4.57. The van der Waals surface area contributed by atoms with Crippen LogP contribution in [0.4, 0.5) is 0 Å². The molecule has 3 nitrogen and oxygen atoms in total. The molecule has 0 aliphatic carbocycles. The number of carbonyl (C=O) groups excluding carboxylic acids is 1. The van der Waals surface area contributed by atoms with E-state index in [0.29, 0.717) is 18.6 Å². The summed E-state index contributed by atoms with van der Waals surface area (Å²) in [5.74, 6) is -0.273. The molecule has 0 saturated heterocycles. The van der Waals surface area contributed by atoms with Crippen molar-refractivity contribution >= 4 is 5.97 Å². The van der Waals surface area contributed by atoms with Gasteiger partial charge in [-0.2, -0.15) is 0 Å². The Bertz CT molecular complexity index is 274. The molecule has 0 unspecified atom stereocenters. The third kappa shape index (κ3) is 2.70. The molecule has 1 heterocycles. The van der Waals surface area contributed by atoms with Gasteiger partial charge in [0.1, 0.15) is 6.61 Å². The summed E-state index contributed by atoms with van der Waals surface area (Å²) in [6, 6.07) is 0. The van der Waals surface area contributed by atoms with Gasteiger partial charge in [0.15, 0.2) is 0 Å². The van der Waals surface area contributed by atoms with Crippen LogP contribution in [0.2, 0.25) is 0 Å². The van der Waals surface area contributed by atoms with Gasteiger partial charge in [-0.25, -0.2) is 4.79 Å². The van der Waals surface area contributed by atoms with Gasteiger partial charge in [-0.3, -0.25) is 0 Å². The number of esters is 1. The number of aliphatic hydroxyl groups is 1. The first-order chi connectivity index (χ1) is 6.65. The molecule has 3 heteroatoms. The second-order valence-corrected chi connectivity index (χ2v) is 3.48.